The number of piperazine rings is 1. The smallest absolute Gasteiger partial charge is 0.0270 e. The van der Waals surface area contributed by atoms with Crippen LogP contribution in [0.3, 0.4) is 0 Å². The Morgan fingerprint density at radius 1 is 1.35 bits per heavy atom. The molecule has 102 valence electrons. The molecule has 1 saturated heterocycles. The van der Waals surface area contributed by atoms with Crippen LogP contribution in [0, 0.1) is 5.41 Å². The predicted octanol–water partition coefficient (Wildman–Crippen LogP) is 2.84. The highest BCUT2D eigenvalue weighted by molar-refractivity contribution is 7.99. The minimum atomic E-state index is 0.263. The van der Waals surface area contributed by atoms with E-state index in [4.69, 9.17) is 0 Å². The Hall–Kier alpha value is 0.270. The number of nitrogens with zero attached hydrogens (tertiary/aromatic N) is 1. The summed E-state index contributed by atoms with van der Waals surface area (Å²) in [5.41, 5.74) is 0.624. The highest BCUT2D eigenvalue weighted by Gasteiger charge is 2.37. The molecule has 0 spiro atoms. The van der Waals surface area contributed by atoms with Crippen LogP contribution in [0.5, 0.6) is 0 Å². The molecule has 2 nitrogen and oxygen atoms in total. The summed E-state index contributed by atoms with van der Waals surface area (Å²) >= 11 is 2.05. The summed E-state index contributed by atoms with van der Waals surface area (Å²) in [5, 5.41) is 3.69. The van der Waals surface area contributed by atoms with Crippen LogP contribution in [-0.4, -0.2) is 47.6 Å². The van der Waals surface area contributed by atoms with Gasteiger partial charge in [-0.15, -0.1) is 0 Å². The SMILES string of the molecule is CCSCCN1CC(C)(C)NCC1C(C)(C)C. The second-order valence-electron chi connectivity index (χ2n) is 6.81. The van der Waals surface area contributed by atoms with Crippen molar-refractivity contribution < 1.29 is 0 Å². The van der Waals surface area contributed by atoms with Crippen molar-refractivity contribution in [2.75, 3.05) is 31.1 Å². The number of thioether (sulfide) groups is 1. The molecule has 1 atom stereocenters. The third-order valence-corrected chi connectivity index (χ3v) is 4.42. The topological polar surface area (TPSA) is 15.3 Å². The van der Waals surface area contributed by atoms with Gasteiger partial charge in [0.2, 0.25) is 0 Å². The van der Waals surface area contributed by atoms with Crippen molar-refractivity contribution in [1.82, 2.24) is 10.2 Å². The Morgan fingerprint density at radius 3 is 2.53 bits per heavy atom. The lowest BCUT2D eigenvalue weighted by atomic mass is 9.82. The van der Waals surface area contributed by atoms with Gasteiger partial charge in [0.05, 0.1) is 0 Å². The van der Waals surface area contributed by atoms with Crippen LogP contribution in [0.4, 0.5) is 0 Å². The number of hydrogen-bond acceptors (Lipinski definition) is 3. The molecule has 0 aromatic carbocycles. The van der Waals surface area contributed by atoms with Gasteiger partial charge in [0.15, 0.2) is 0 Å². The highest BCUT2D eigenvalue weighted by Crippen LogP contribution is 2.28. The van der Waals surface area contributed by atoms with Crippen LogP contribution in [0.15, 0.2) is 0 Å². The fourth-order valence-corrected chi connectivity index (χ4v) is 3.24. The van der Waals surface area contributed by atoms with Crippen molar-refractivity contribution in [3.05, 3.63) is 0 Å². The average Bonchev–Trinajstić information content (AvgIpc) is 2.14. The van der Waals surface area contributed by atoms with E-state index in [1.54, 1.807) is 0 Å². The quantitative estimate of drug-likeness (QED) is 0.781. The zero-order chi connectivity index (χ0) is 13.1. The summed E-state index contributed by atoms with van der Waals surface area (Å²) in [7, 11) is 0. The molecular weight excluding hydrogens is 228 g/mol. The highest BCUT2D eigenvalue weighted by atomic mass is 32.2. The van der Waals surface area contributed by atoms with E-state index in [0.29, 0.717) is 11.5 Å². The number of nitrogens with one attached hydrogen (secondary N) is 1. The summed E-state index contributed by atoms with van der Waals surface area (Å²) in [6.07, 6.45) is 0. The van der Waals surface area contributed by atoms with E-state index in [1.807, 2.05) is 0 Å². The Morgan fingerprint density at radius 2 is 2.00 bits per heavy atom. The minimum absolute atomic E-state index is 0.263. The lowest BCUT2D eigenvalue weighted by molar-refractivity contribution is 0.0384. The zero-order valence-corrected chi connectivity index (χ0v) is 13.3. The molecule has 0 aromatic rings. The van der Waals surface area contributed by atoms with Crippen molar-refractivity contribution in [2.45, 2.75) is 53.1 Å². The van der Waals surface area contributed by atoms with E-state index >= 15 is 0 Å². The molecule has 0 bridgehead atoms. The largest absolute Gasteiger partial charge is 0.309 e. The first-order valence-electron chi connectivity index (χ1n) is 6.83. The van der Waals surface area contributed by atoms with Crippen molar-refractivity contribution in [3.63, 3.8) is 0 Å². The van der Waals surface area contributed by atoms with Crippen molar-refractivity contribution in [2.24, 2.45) is 5.41 Å². The van der Waals surface area contributed by atoms with E-state index in [2.05, 4.69) is 63.5 Å². The molecule has 1 fully saturated rings. The van der Waals surface area contributed by atoms with Crippen LogP contribution >= 0.6 is 11.8 Å². The maximum atomic E-state index is 3.69. The summed E-state index contributed by atoms with van der Waals surface area (Å²) in [4.78, 5) is 2.69. The molecule has 0 amide bonds. The third-order valence-electron chi connectivity index (χ3n) is 3.54. The fraction of sp³-hybridized carbons (Fsp3) is 1.00. The van der Waals surface area contributed by atoms with Crippen molar-refractivity contribution >= 4 is 11.8 Å². The molecule has 3 heteroatoms. The summed E-state index contributed by atoms with van der Waals surface area (Å²) in [6.45, 7) is 17.5. The van der Waals surface area contributed by atoms with Gasteiger partial charge < -0.3 is 5.32 Å². The lowest BCUT2D eigenvalue weighted by Gasteiger charge is -2.49. The zero-order valence-electron chi connectivity index (χ0n) is 12.5. The van der Waals surface area contributed by atoms with E-state index in [0.717, 1.165) is 6.54 Å². The van der Waals surface area contributed by atoms with Crippen molar-refractivity contribution in [1.29, 1.82) is 0 Å². The first kappa shape index (κ1) is 15.3. The average molecular weight is 258 g/mol. The predicted molar refractivity (Wildman–Crippen MR) is 79.9 cm³/mol. The third kappa shape index (κ3) is 4.80. The molecule has 17 heavy (non-hydrogen) atoms. The van der Waals surface area contributed by atoms with Crippen LogP contribution < -0.4 is 5.32 Å². The van der Waals surface area contributed by atoms with Gasteiger partial charge in [-0.3, -0.25) is 4.90 Å². The van der Waals surface area contributed by atoms with Gasteiger partial charge in [-0.05, 0) is 25.0 Å². The molecule has 0 aliphatic carbocycles. The van der Waals surface area contributed by atoms with Crippen LogP contribution in [-0.2, 0) is 0 Å². The maximum absolute atomic E-state index is 3.69. The van der Waals surface area contributed by atoms with Gasteiger partial charge in [0, 0.05) is 37.0 Å². The number of rotatable bonds is 4. The molecule has 1 rings (SSSR count). The molecule has 1 unspecified atom stereocenters. The number of hydrogen-bond donors (Lipinski definition) is 1. The first-order chi connectivity index (χ1) is 7.76. The molecule has 1 heterocycles. The second kappa shape index (κ2) is 5.94. The van der Waals surface area contributed by atoms with E-state index in [-0.39, 0.29) is 5.54 Å². The standard InChI is InChI=1S/C14H30N2S/c1-7-17-9-8-16-11-14(5,6)15-10-12(16)13(2,3)4/h12,15H,7-11H2,1-6H3. The van der Waals surface area contributed by atoms with Gasteiger partial charge in [0.25, 0.3) is 0 Å². The van der Waals surface area contributed by atoms with E-state index in [1.165, 1.54) is 24.6 Å². The minimum Gasteiger partial charge on any atom is -0.309 e. The Kier molecular flexibility index (Phi) is 5.36. The molecule has 1 aliphatic rings. The van der Waals surface area contributed by atoms with Gasteiger partial charge in [-0.2, -0.15) is 11.8 Å². The Labute approximate surface area is 112 Å². The molecule has 0 radical (unpaired) electrons. The molecular formula is C14H30N2S. The van der Waals surface area contributed by atoms with Crippen LogP contribution in [0.25, 0.3) is 0 Å². The van der Waals surface area contributed by atoms with E-state index in [9.17, 15) is 0 Å². The second-order valence-corrected chi connectivity index (χ2v) is 8.21. The summed E-state index contributed by atoms with van der Waals surface area (Å²) in [6, 6.07) is 0.660. The molecule has 0 aromatic heterocycles. The molecule has 1 aliphatic heterocycles. The summed E-state index contributed by atoms with van der Waals surface area (Å²) in [5.74, 6) is 2.49. The normalized spacial score (nSPS) is 26.1. The first-order valence-corrected chi connectivity index (χ1v) is 7.98. The van der Waals surface area contributed by atoms with E-state index < -0.39 is 0 Å². The summed E-state index contributed by atoms with van der Waals surface area (Å²) < 4.78 is 0. The maximum Gasteiger partial charge on any atom is 0.0270 e. The van der Waals surface area contributed by atoms with Crippen LogP contribution in [0.1, 0.15) is 41.5 Å². The van der Waals surface area contributed by atoms with Gasteiger partial charge in [-0.25, -0.2) is 0 Å². The van der Waals surface area contributed by atoms with Gasteiger partial charge in [-0.1, -0.05) is 27.7 Å². The van der Waals surface area contributed by atoms with Gasteiger partial charge >= 0.3 is 0 Å². The fourth-order valence-electron chi connectivity index (χ4n) is 2.59. The molecule has 1 N–H and O–H groups in total. The Balaban J connectivity index is 2.62. The monoisotopic (exact) mass is 258 g/mol. The van der Waals surface area contributed by atoms with Crippen LogP contribution in [0.2, 0.25) is 0 Å². The van der Waals surface area contributed by atoms with Gasteiger partial charge in [0.1, 0.15) is 0 Å². The van der Waals surface area contributed by atoms with Crippen molar-refractivity contribution in [3.8, 4) is 0 Å². The Bertz CT molecular complexity index is 233. The molecule has 0 saturated carbocycles. The lowest BCUT2D eigenvalue weighted by Crippen LogP contribution is -2.64.